The van der Waals surface area contributed by atoms with Crippen LogP contribution >= 0.6 is 12.2 Å². The van der Waals surface area contributed by atoms with Gasteiger partial charge in [0.15, 0.2) is 0 Å². The molecule has 1 amide bonds. The molecule has 0 unspecified atom stereocenters. The molecule has 3 nitrogen and oxygen atoms in total. The number of thiocarbonyl (C=S) groups is 1. The van der Waals surface area contributed by atoms with Crippen molar-refractivity contribution in [1.82, 2.24) is 0 Å². The van der Waals surface area contributed by atoms with Gasteiger partial charge in [0, 0.05) is 23.9 Å². The van der Waals surface area contributed by atoms with Gasteiger partial charge in [0.1, 0.15) is 10.8 Å². The van der Waals surface area contributed by atoms with Crippen LogP contribution in [0.15, 0.2) is 42.5 Å². The fourth-order valence-electron chi connectivity index (χ4n) is 1.90. The van der Waals surface area contributed by atoms with E-state index in [-0.39, 0.29) is 10.9 Å². The first-order chi connectivity index (χ1) is 9.90. The number of nitrogens with zero attached hydrogens (tertiary/aromatic N) is 1. The van der Waals surface area contributed by atoms with Crippen LogP contribution in [0.4, 0.5) is 10.1 Å². The third kappa shape index (κ3) is 3.25. The number of carbonyl (C=O) groups is 1. The Hall–Kier alpha value is -2.27. The van der Waals surface area contributed by atoms with E-state index in [0.29, 0.717) is 22.4 Å². The van der Waals surface area contributed by atoms with E-state index >= 15 is 0 Å². The summed E-state index contributed by atoms with van der Waals surface area (Å²) >= 11 is 4.92. The van der Waals surface area contributed by atoms with Crippen LogP contribution < -0.4 is 10.6 Å². The van der Waals surface area contributed by atoms with Crippen molar-refractivity contribution in [3.05, 3.63) is 65.0 Å². The predicted molar refractivity (Wildman–Crippen MR) is 86.2 cm³/mol. The minimum Gasteiger partial charge on any atom is -0.389 e. The van der Waals surface area contributed by atoms with Gasteiger partial charge in [-0.1, -0.05) is 30.4 Å². The minimum atomic E-state index is -0.397. The van der Waals surface area contributed by atoms with E-state index in [1.807, 2.05) is 0 Å². The highest BCUT2D eigenvalue weighted by Gasteiger charge is 2.15. The van der Waals surface area contributed by atoms with Crippen molar-refractivity contribution in [1.29, 1.82) is 0 Å². The van der Waals surface area contributed by atoms with Gasteiger partial charge in [-0.2, -0.15) is 0 Å². The zero-order valence-electron chi connectivity index (χ0n) is 11.8. The summed E-state index contributed by atoms with van der Waals surface area (Å²) in [7, 11) is 1.62. The first-order valence-electron chi connectivity index (χ1n) is 6.34. The van der Waals surface area contributed by atoms with Crippen molar-refractivity contribution >= 4 is 28.8 Å². The Morgan fingerprint density at radius 3 is 2.52 bits per heavy atom. The van der Waals surface area contributed by atoms with Crippen LogP contribution in [-0.2, 0) is 0 Å². The molecule has 0 radical (unpaired) electrons. The summed E-state index contributed by atoms with van der Waals surface area (Å²) in [5.74, 6) is -0.694. The molecule has 5 heteroatoms. The summed E-state index contributed by atoms with van der Waals surface area (Å²) in [6, 6.07) is 11.5. The number of hydrogen-bond acceptors (Lipinski definition) is 2. The Balaban J connectivity index is 2.32. The summed E-state index contributed by atoms with van der Waals surface area (Å²) in [5, 5.41) is 0. The first kappa shape index (κ1) is 15.1. The molecule has 0 fully saturated rings. The third-order valence-corrected chi connectivity index (χ3v) is 3.48. The van der Waals surface area contributed by atoms with Gasteiger partial charge in [-0.25, -0.2) is 4.39 Å². The highest BCUT2D eigenvalue weighted by molar-refractivity contribution is 7.80. The maximum Gasteiger partial charge on any atom is 0.258 e. The third-order valence-electron chi connectivity index (χ3n) is 3.24. The number of benzene rings is 2. The first-order valence-corrected chi connectivity index (χ1v) is 6.75. The van der Waals surface area contributed by atoms with E-state index in [4.69, 9.17) is 18.0 Å². The fraction of sp³-hybridized carbons (Fsp3) is 0.125. The van der Waals surface area contributed by atoms with Crippen molar-refractivity contribution in [2.75, 3.05) is 11.9 Å². The van der Waals surface area contributed by atoms with Gasteiger partial charge in [0.25, 0.3) is 5.91 Å². The number of hydrogen-bond donors (Lipinski definition) is 1. The molecule has 0 bridgehead atoms. The molecule has 2 aromatic rings. The SMILES string of the molecule is Cc1ccc(C(=O)N(C)c2cccc(C(N)=S)c2)cc1F. The highest BCUT2D eigenvalue weighted by atomic mass is 32.1. The number of nitrogens with two attached hydrogens (primary N) is 1. The normalized spacial score (nSPS) is 10.2. The van der Waals surface area contributed by atoms with Gasteiger partial charge >= 0.3 is 0 Å². The van der Waals surface area contributed by atoms with Gasteiger partial charge in [-0.05, 0) is 36.8 Å². The molecule has 108 valence electrons. The van der Waals surface area contributed by atoms with E-state index in [2.05, 4.69) is 0 Å². The number of halogens is 1. The molecule has 0 aliphatic rings. The van der Waals surface area contributed by atoms with Crippen molar-refractivity contribution in [3.8, 4) is 0 Å². The summed E-state index contributed by atoms with van der Waals surface area (Å²) in [6.07, 6.45) is 0. The van der Waals surface area contributed by atoms with Gasteiger partial charge in [0.05, 0.1) is 0 Å². The molecular weight excluding hydrogens is 287 g/mol. The Bertz CT molecular complexity index is 715. The molecule has 0 saturated carbocycles. The largest absolute Gasteiger partial charge is 0.389 e. The standard InChI is InChI=1S/C16H15FN2OS/c1-10-6-7-12(9-14(10)17)16(20)19(2)13-5-3-4-11(8-13)15(18)21/h3-9H,1-2H3,(H2,18,21). The van der Waals surface area contributed by atoms with Crippen LogP contribution in [0, 0.1) is 12.7 Å². The summed E-state index contributed by atoms with van der Waals surface area (Å²) in [5.41, 5.74) is 7.70. The molecular formula is C16H15FN2OS. The molecule has 21 heavy (non-hydrogen) atoms. The highest BCUT2D eigenvalue weighted by Crippen LogP contribution is 2.18. The molecule has 0 spiro atoms. The van der Waals surface area contributed by atoms with E-state index in [1.165, 1.54) is 11.0 Å². The summed E-state index contributed by atoms with van der Waals surface area (Å²) in [6.45, 7) is 1.65. The van der Waals surface area contributed by atoms with Gasteiger partial charge < -0.3 is 10.6 Å². The maximum atomic E-state index is 13.6. The second-order valence-corrected chi connectivity index (χ2v) is 5.18. The average molecular weight is 302 g/mol. The second kappa shape index (κ2) is 6.01. The Labute approximate surface area is 128 Å². The number of anilines is 1. The lowest BCUT2D eigenvalue weighted by Crippen LogP contribution is -2.26. The Morgan fingerprint density at radius 2 is 1.90 bits per heavy atom. The quantitative estimate of drug-likeness (QED) is 0.886. The van der Waals surface area contributed by atoms with Crippen molar-refractivity contribution in [2.45, 2.75) is 6.92 Å². The van der Waals surface area contributed by atoms with Crippen LogP contribution in [0.25, 0.3) is 0 Å². The van der Waals surface area contributed by atoms with Crippen LogP contribution in [0.5, 0.6) is 0 Å². The van der Waals surface area contributed by atoms with Crippen molar-refractivity contribution < 1.29 is 9.18 Å². The maximum absolute atomic E-state index is 13.6. The van der Waals surface area contributed by atoms with Crippen LogP contribution in [0.3, 0.4) is 0 Å². The molecule has 0 aliphatic heterocycles. The smallest absolute Gasteiger partial charge is 0.258 e. The van der Waals surface area contributed by atoms with Gasteiger partial charge in [-0.3, -0.25) is 4.79 Å². The molecule has 0 saturated heterocycles. The van der Waals surface area contributed by atoms with Crippen molar-refractivity contribution in [2.24, 2.45) is 5.73 Å². The van der Waals surface area contributed by atoms with Gasteiger partial charge in [0.2, 0.25) is 0 Å². The number of carbonyl (C=O) groups excluding carboxylic acids is 1. The van der Waals surface area contributed by atoms with Crippen molar-refractivity contribution in [3.63, 3.8) is 0 Å². The average Bonchev–Trinajstić information content (AvgIpc) is 2.48. The zero-order chi connectivity index (χ0) is 15.6. The predicted octanol–water partition coefficient (Wildman–Crippen LogP) is 3.04. The van der Waals surface area contributed by atoms with Crippen LogP contribution in [0.1, 0.15) is 21.5 Å². The lowest BCUT2D eigenvalue weighted by Gasteiger charge is -2.18. The molecule has 0 aromatic heterocycles. The number of amides is 1. The lowest BCUT2D eigenvalue weighted by molar-refractivity contribution is 0.0992. The van der Waals surface area contributed by atoms with Gasteiger partial charge in [-0.15, -0.1) is 0 Å². The summed E-state index contributed by atoms with van der Waals surface area (Å²) in [4.78, 5) is 14.1. The van der Waals surface area contributed by atoms with E-state index in [0.717, 1.165) is 0 Å². The molecule has 0 atom stereocenters. The number of rotatable bonds is 3. The number of aryl methyl sites for hydroxylation is 1. The van der Waals surface area contributed by atoms with E-state index in [1.54, 1.807) is 50.4 Å². The molecule has 2 aromatic carbocycles. The fourth-order valence-corrected chi connectivity index (χ4v) is 2.03. The zero-order valence-corrected chi connectivity index (χ0v) is 12.6. The molecule has 2 N–H and O–H groups in total. The second-order valence-electron chi connectivity index (χ2n) is 4.74. The monoisotopic (exact) mass is 302 g/mol. The molecule has 2 rings (SSSR count). The van der Waals surface area contributed by atoms with Crippen LogP contribution in [0.2, 0.25) is 0 Å². The minimum absolute atomic E-state index is 0.263. The topological polar surface area (TPSA) is 46.3 Å². The molecule has 0 aliphatic carbocycles. The van der Waals surface area contributed by atoms with E-state index < -0.39 is 5.82 Å². The van der Waals surface area contributed by atoms with Crippen LogP contribution in [-0.4, -0.2) is 17.9 Å². The molecule has 0 heterocycles. The summed E-state index contributed by atoms with van der Waals surface area (Å²) < 4.78 is 13.6. The van der Waals surface area contributed by atoms with E-state index in [9.17, 15) is 9.18 Å². The Morgan fingerprint density at radius 1 is 1.19 bits per heavy atom. The lowest BCUT2D eigenvalue weighted by atomic mass is 10.1. The Kier molecular flexibility index (Phi) is 4.33.